The van der Waals surface area contributed by atoms with Crippen molar-refractivity contribution >= 4 is 16.9 Å². The van der Waals surface area contributed by atoms with Gasteiger partial charge in [-0.05, 0) is 62.4 Å². The van der Waals surface area contributed by atoms with Crippen molar-refractivity contribution in [2.24, 2.45) is 5.41 Å². The third-order valence-electron chi connectivity index (χ3n) is 7.26. The largest absolute Gasteiger partial charge is 0.497 e. The molecule has 0 bridgehead atoms. The first kappa shape index (κ1) is 27.6. The quantitative estimate of drug-likeness (QED) is 0.301. The Bertz CT molecular complexity index is 1260. The average molecular weight is 535 g/mol. The van der Waals surface area contributed by atoms with Gasteiger partial charge in [-0.15, -0.1) is 0 Å². The van der Waals surface area contributed by atoms with Crippen LogP contribution in [0.2, 0.25) is 0 Å². The van der Waals surface area contributed by atoms with Crippen LogP contribution in [-0.2, 0) is 4.79 Å². The second-order valence-corrected chi connectivity index (χ2v) is 9.77. The summed E-state index contributed by atoms with van der Waals surface area (Å²) in [6, 6.07) is 7.84. The average Bonchev–Trinajstić information content (AvgIpc) is 2.87. The number of aliphatic carboxylic acids is 1. The van der Waals surface area contributed by atoms with E-state index in [4.69, 9.17) is 9.47 Å². The number of alkyl halides is 1. The van der Waals surface area contributed by atoms with Crippen molar-refractivity contribution in [2.45, 2.75) is 38.3 Å². The highest BCUT2D eigenvalue weighted by atomic mass is 19.1. The predicted octanol–water partition coefficient (Wildman–Crippen LogP) is 6.09. The van der Waals surface area contributed by atoms with Gasteiger partial charge >= 0.3 is 5.97 Å². The van der Waals surface area contributed by atoms with Crippen LogP contribution in [0.3, 0.4) is 0 Å². The number of likely N-dealkylation sites (tertiary alicyclic amines) is 1. The molecule has 0 radical (unpaired) electrons. The summed E-state index contributed by atoms with van der Waals surface area (Å²) in [5, 5.41) is 9.89. The summed E-state index contributed by atoms with van der Waals surface area (Å²) in [7, 11) is 1.47. The molecule has 1 atom stereocenters. The van der Waals surface area contributed by atoms with Crippen LogP contribution in [0.4, 0.5) is 17.6 Å². The SMILES string of the molecule is COc1ccc2ncc(F)c(C(F)CCC3(CC(=O)O)CCN(CCOc4cc(F)cc(F)c4)CC3)c2c1. The molecule has 0 spiro atoms. The molecule has 38 heavy (non-hydrogen) atoms. The molecule has 1 aromatic heterocycles. The number of fused-ring (bicyclic) bond motifs is 1. The number of carbonyl (C=O) groups is 1. The Labute approximate surface area is 218 Å². The molecule has 1 unspecified atom stereocenters. The number of hydrogen-bond acceptors (Lipinski definition) is 5. The third kappa shape index (κ3) is 6.72. The summed E-state index contributed by atoms with van der Waals surface area (Å²) >= 11 is 0. The summed E-state index contributed by atoms with van der Waals surface area (Å²) in [5.74, 6) is -2.60. The number of nitrogens with zero attached hydrogens (tertiary/aromatic N) is 2. The van der Waals surface area contributed by atoms with Crippen molar-refractivity contribution in [2.75, 3.05) is 33.4 Å². The molecule has 10 heteroatoms. The molecule has 204 valence electrons. The number of hydrogen-bond donors (Lipinski definition) is 1. The lowest BCUT2D eigenvalue weighted by atomic mass is 9.71. The summed E-state index contributed by atoms with van der Waals surface area (Å²) in [4.78, 5) is 17.8. The number of aromatic nitrogens is 1. The molecular weight excluding hydrogens is 504 g/mol. The van der Waals surface area contributed by atoms with Gasteiger partial charge in [-0.1, -0.05) is 0 Å². The van der Waals surface area contributed by atoms with Crippen molar-refractivity contribution in [3.8, 4) is 11.5 Å². The number of pyridine rings is 1. The fraction of sp³-hybridized carbons (Fsp3) is 0.429. The van der Waals surface area contributed by atoms with Crippen LogP contribution in [0, 0.1) is 22.9 Å². The fourth-order valence-electron chi connectivity index (χ4n) is 5.18. The molecule has 2 heterocycles. The Kier molecular flexibility index (Phi) is 8.71. The summed E-state index contributed by atoms with van der Waals surface area (Å²) < 4.78 is 67.6. The van der Waals surface area contributed by atoms with Gasteiger partial charge in [-0.3, -0.25) is 14.7 Å². The van der Waals surface area contributed by atoms with Crippen LogP contribution in [0.25, 0.3) is 10.9 Å². The second-order valence-electron chi connectivity index (χ2n) is 9.77. The topological polar surface area (TPSA) is 71.9 Å². The molecule has 6 nitrogen and oxygen atoms in total. The minimum Gasteiger partial charge on any atom is -0.497 e. The zero-order valence-corrected chi connectivity index (χ0v) is 21.1. The number of benzene rings is 2. The highest BCUT2D eigenvalue weighted by Crippen LogP contribution is 2.43. The van der Waals surface area contributed by atoms with Crippen molar-refractivity contribution in [1.82, 2.24) is 9.88 Å². The lowest BCUT2D eigenvalue weighted by Crippen LogP contribution is -2.42. The Morgan fingerprint density at radius 2 is 1.82 bits per heavy atom. The van der Waals surface area contributed by atoms with Crippen LogP contribution < -0.4 is 9.47 Å². The van der Waals surface area contributed by atoms with E-state index in [1.165, 1.54) is 7.11 Å². The molecule has 1 N–H and O–H groups in total. The van der Waals surface area contributed by atoms with E-state index in [0.717, 1.165) is 24.4 Å². The van der Waals surface area contributed by atoms with E-state index >= 15 is 4.39 Å². The standard InChI is InChI=1S/C28H30F4N2O4/c1-37-20-2-3-25-22(15-20)27(24(32)17-33-25)23(31)4-5-28(16-26(35)36)6-8-34(9-7-28)10-11-38-21-13-18(29)12-19(30)14-21/h2-3,12-15,17,23H,4-11,16H2,1H3,(H,35,36). The van der Waals surface area contributed by atoms with E-state index in [-0.39, 0.29) is 37.2 Å². The maximum Gasteiger partial charge on any atom is 0.303 e. The normalized spacial score (nSPS) is 16.3. The first-order valence-electron chi connectivity index (χ1n) is 12.5. The van der Waals surface area contributed by atoms with Gasteiger partial charge in [-0.25, -0.2) is 17.6 Å². The minimum absolute atomic E-state index is 0.0330. The zero-order valence-electron chi connectivity index (χ0n) is 21.1. The first-order chi connectivity index (χ1) is 18.2. The summed E-state index contributed by atoms with van der Waals surface area (Å²) in [5.41, 5.74) is -0.278. The molecule has 1 aliphatic heterocycles. The number of methoxy groups -OCH3 is 1. The van der Waals surface area contributed by atoms with E-state index in [9.17, 15) is 23.1 Å². The summed E-state index contributed by atoms with van der Waals surface area (Å²) in [6.07, 6.45) is 0.538. The van der Waals surface area contributed by atoms with Gasteiger partial charge in [0.05, 0.1) is 25.2 Å². The van der Waals surface area contributed by atoms with Crippen LogP contribution in [-0.4, -0.2) is 54.3 Å². The van der Waals surface area contributed by atoms with Gasteiger partial charge in [0.2, 0.25) is 0 Å². The monoisotopic (exact) mass is 534 g/mol. The van der Waals surface area contributed by atoms with Crippen LogP contribution in [0.5, 0.6) is 11.5 Å². The van der Waals surface area contributed by atoms with E-state index in [0.29, 0.717) is 49.1 Å². The first-order valence-corrected chi connectivity index (χ1v) is 12.5. The van der Waals surface area contributed by atoms with Crippen LogP contribution >= 0.6 is 0 Å². The number of carboxylic acids is 1. The number of rotatable bonds is 11. The van der Waals surface area contributed by atoms with Gasteiger partial charge < -0.3 is 14.6 Å². The lowest BCUT2D eigenvalue weighted by molar-refractivity contribution is -0.141. The number of halogens is 4. The molecule has 3 aromatic rings. The zero-order chi connectivity index (χ0) is 27.3. The minimum atomic E-state index is -1.64. The van der Waals surface area contributed by atoms with Crippen molar-refractivity contribution in [1.29, 1.82) is 0 Å². The van der Waals surface area contributed by atoms with Crippen LogP contribution in [0.15, 0.2) is 42.6 Å². The van der Waals surface area contributed by atoms with Crippen molar-refractivity contribution in [3.05, 3.63) is 65.6 Å². The lowest BCUT2D eigenvalue weighted by Gasteiger charge is -2.41. The number of carboxylic acid groups (broad SMARTS) is 1. The number of piperidine rings is 1. The molecule has 1 aliphatic rings. The van der Waals surface area contributed by atoms with Gasteiger partial charge in [0, 0.05) is 35.7 Å². The fourth-order valence-corrected chi connectivity index (χ4v) is 5.18. The highest BCUT2D eigenvalue weighted by Gasteiger charge is 2.37. The van der Waals surface area contributed by atoms with Crippen molar-refractivity contribution in [3.63, 3.8) is 0 Å². The maximum atomic E-state index is 15.5. The third-order valence-corrected chi connectivity index (χ3v) is 7.26. The van der Waals surface area contributed by atoms with Gasteiger partial charge in [0.15, 0.2) is 0 Å². The highest BCUT2D eigenvalue weighted by molar-refractivity contribution is 5.84. The second kappa shape index (κ2) is 12.0. The predicted molar refractivity (Wildman–Crippen MR) is 134 cm³/mol. The van der Waals surface area contributed by atoms with Crippen molar-refractivity contribution < 1.29 is 36.9 Å². The molecule has 0 saturated carbocycles. The Hall–Kier alpha value is -3.40. The molecule has 1 fully saturated rings. The van der Waals surface area contributed by atoms with E-state index in [1.54, 1.807) is 18.2 Å². The molecule has 0 amide bonds. The van der Waals surface area contributed by atoms with E-state index in [2.05, 4.69) is 9.88 Å². The van der Waals surface area contributed by atoms with Gasteiger partial charge in [0.1, 0.15) is 41.7 Å². The maximum absolute atomic E-state index is 15.5. The molecule has 2 aromatic carbocycles. The Balaban J connectivity index is 1.38. The number of ether oxygens (including phenoxy) is 2. The molecule has 4 rings (SSSR count). The van der Waals surface area contributed by atoms with Gasteiger partial charge in [0.25, 0.3) is 0 Å². The Morgan fingerprint density at radius 3 is 2.47 bits per heavy atom. The van der Waals surface area contributed by atoms with E-state index < -0.39 is 35.0 Å². The van der Waals surface area contributed by atoms with Crippen LogP contribution in [0.1, 0.15) is 43.8 Å². The molecule has 1 saturated heterocycles. The smallest absolute Gasteiger partial charge is 0.303 e. The van der Waals surface area contributed by atoms with E-state index in [1.807, 2.05) is 0 Å². The molecular formula is C28H30F4N2O4. The summed E-state index contributed by atoms with van der Waals surface area (Å²) in [6.45, 7) is 1.83. The molecule has 0 aliphatic carbocycles. The Morgan fingerprint density at radius 1 is 1.11 bits per heavy atom. The van der Waals surface area contributed by atoms with Gasteiger partial charge in [-0.2, -0.15) is 0 Å².